The van der Waals surface area contributed by atoms with Crippen molar-refractivity contribution in [3.63, 3.8) is 0 Å². The fourth-order valence-electron chi connectivity index (χ4n) is 2.69. The van der Waals surface area contributed by atoms with E-state index in [0.717, 1.165) is 28.0 Å². The van der Waals surface area contributed by atoms with Crippen molar-refractivity contribution in [2.45, 2.75) is 39.7 Å². The molecule has 0 aliphatic rings. The number of hydrogen-bond donors (Lipinski definition) is 1. The Labute approximate surface area is 127 Å². The molecule has 0 heterocycles. The standard InChI is InChI=1S/C19H24O2/c1-12(2)15-6-8-16(9-7-15)19(20)18-14(4)10-13(3)11-17(18)21-5/h6-12,19-20H,1-5H3. The molecule has 0 bridgehead atoms. The Hall–Kier alpha value is -1.80. The van der Waals surface area contributed by atoms with Crippen LogP contribution in [0.1, 0.15) is 53.7 Å². The van der Waals surface area contributed by atoms with Gasteiger partial charge >= 0.3 is 0 Å². The molecule has 21 heavy (non-hydrogen) atoms. The van der Waals surface area contributed by atoms with Crippen LogP contribution in [0.4, 0.5) is 0 Å². The van der Waals surface area contributed by atoms with E-state index in [1.165, 1.54) is 5.56 Å². The average molecular weight is 284 g/mol. The molecule has 0 saturated carbocycles. The molecule has 0 aliphatic carbocycles. The third kappa shape index (κ3) is 3.27. The topological polar surface area (TPSA) is 29.5 Å². The zero-order chi connectivity index (χ0) is 15.6. The lowest BCUT2D eigenvalue weighted by Crippen LogP contribution is -2.05. The summed E-state index contributed by atoms with van der Waals surface area (Å²) in [4.78, 5) is 0. The predicted molar refractivity (Wildman–Crippen MR) is 87.1 cm³/mol. The van der Waals surface area contributed by atoms with Crippen LogP contribution in [0.15, 0.2) is 36.4 Å². The molecule has 0 fully saturated rings. The van der Waals surface area contributed by atoms with E-state index in [-0.39, 0.29) is 0 Å². The van der Waals surface area contributed by atoms with Gasteiger partial charge in [0.15, 0.2) is 0 Å². The van der Waals surface area contributed by atoms with E-state index in [9.17, 15) is 5.11 Å². The highest BCUT2D eigenvalue weighted by atomic mass is 16.5. The lowest BCUT2D eigenvalue weighted by Gasteiger charge is -2.19. The van der Waals surface area contributed by atoms with Crippen molar-refractivity contribution in [1.29, 1.82) is 0 Å². The normalized spacial score (nSPS) is 12.5. The van der Waals surface area contributed by atoms with Crippen molar-refractivity contribution < 1.29 is 9.84 Å². The summed E-state index contributed by atoms with van der Waals surface area (Å²) in [7, 11) is 1.65. The van der Waals surface area contributed by atoms with E-state index in [2.05, 4.69) is 32.0 Å². The molecule has 2 aromatic carbocycles. The molecule has 0 radical (unpaired) electrons. The molecule has 112 valence electrons. The molecule has 0 aromatic heterocycles. The van der Waals surface area contributed by atoms with Gasteiger partial charge in [-0.3, -0.25) is 0 Å². The van der Waals surface area contributed by atoms with Crippen molar-refractivity contribution >= 4 is 0 Å². The van der Waals surface area contributed by atoms with E-state index in [1.807, 2.05) is 32.0 Å². The molecule has 0 amide bonds. The number of aliphatic hydroxyl groups is 1. The van der Waals surface area contributed by atoms with E-state index in [4.69, 9.17) is 4.74 Å². The quantitative estimate of drug-likeness (QED) is 0.894. The van der Waals surface area contributed by atoms with Gasteiger partial charge in [0.25, 0.3) is 0 Å². The Kier molecular flexibility index (Phi) is 4.69. The summed E-state index contributed by atoms with van der Waals surface area (Å²) < 4.78 is 5.45. The summed E-state index contributed by atoms with van der Waals surface area (Å²) in [6, 6.07) is 12.2. The van der Waals surface area contributed by atoms with Crippen molar-refractivity contribution in [2.24, 2.45) is 0 Å². The molecule has 2 rings (SSSR count). The fraction of sp³-hybridized carbons (Fsp3) is 0.368. The van der Waals surface area contributed by atoms with Gasteiger partial charge in [0, 0.05) is 5.56 Å². The molecule has 1 N–H and O–H groups in total. The number of hydrogen-bond acceptors (Lipinski definition) is 2. The van der Waals surface area contributed by atoms with Crippen LogP contribution in [0, 0.1) is 13.8 Å². The van der Waals surface area contributed by atoms with Crippen molar-refractivity contribution in [3.05, 3.63) is 64.2 Å². The van der Waals surface area contributed by atoms with Crippen LogP contribution in [0.2, 0.25) is 0 Å². The summed E-state index contributed by atoms with van der Waals surface area (Å²) >= 11 is 0. The monoisotopic (exact) mass is 284 g/mol. The number of ether oxygens (including phenoxy) is 1. The maximum atomic E-state index is 10.7. The van der Waals surface area contributed by atoms with Crippen LogP contribution >= 0.6 is 0 Å². The number of rotatable bonds is 4. The average Bonchev–Trinajstić information content (AvgIpc) is 2.45. The minimum atomic E-state index is -0.665. The smallest absolute Gasteiger partial charge is 0.125 e. The van der Waals surface area contributed by atoms with Gasteiger partial charge in [-0.25, -0.2) is 0 Å². The molecule has 1 atom stereocenters. The zero-order valence-electron chi connectivity index (χ0n) is 13.5. The first kappa shape index (κ1) is 15.6. The lowest BCUT2D eigenvalue weighted by atomic mass is 9.93. The number of methoxy groups -OCH3 is 1. The summed E-state index contributed by atoms with van der Waals surface area (Å²) in [6.45, 7) is 8.37. The number of benzene rings is 2. The summed E-state index contributed by atoms with van der Waals surface area (Å²) in [5.41, 5.74) is 5.20. The lowest BCUT2D eigenvalue weighted by molar-refractivity contribution is 0.214. The molecule has 2 heteroatoms. The maximum Gasteiger partial charge on any atom is 0.125 e. The molecule has 0 aliphatic heterocycles. The van der Waals surface area contributed by atoms with E-state index >= 15 is 0 Å². The van der Waals surface area contributed by atoms with Gasteiger partial charge in [-0.15, -0.1) is 0 Å². The summed E-state index contributed by atoms with van der Waals surface area (Å²) in [5.74, 6) is 1.24. The largest absolute Gasteiger partial charge is 0.496 e. The molecule has 1 unspecified atom stereocenters. The second kappa shape index (κ2) is 6.31. The van der Waals surface area contributed by atoms with Crippen molar-refractivity contribution in [1.82, 2.24) is 0 Å². The minimum Gasteiger partial charge on any atom is -0.496 e. The zero-order valence-corrected chi connectivity index (χ0v) is 13.5. The van der Waals surface area contributed by atoms with Gasteiger partial charge in [0.1, 0.15) is 11.9 Å². The number of aliphatic hydroxyl groups excluding tert-OH is 1. The van der Waals surface area contributed by atoms with E-state index < -0.39 is 6.10 Å². The van der Waals surface area contributed by atoms with Crippen molar-refractivity contribution in [3.8, 4) is 5.75 Å². The Balaban J connectivity index is 2.42. The molecule has 0 spiro atoms. The summed E-state index contributed by atoms with van der Waals surface area (Å²) in [6.07, 6.45) is -0.665. The van der Waals surface area contributed by atoms with Gasteiger partial charge in [-0.05, 0) is 48.1 Å². The highest BCUT2D eigenvalue weighted by molar-refractivity contribution is 5.47. The second-order valence-electron chi connectivity index (χ2n) is 5.92. The van der Waals surface area contributed by atoms with Crippen LogP contribution in [-0.2, 0) is 0 Å². The Morgan fingerprint density at radius 3 is 2.05 bits per heavy atom. The second-order valence-corrected chi connectivity index (χ2v) is 5.92. The van der Waals surface area contributed by atoms with Gasteiger partial charge in [-0.1, -0.05) is 44.2 Å². The highest BCUT2D eigenvalue weighted by Gasteiger charge is 2.18. The fourth-order valence-corrected chi connectivity index (χ4v) is 2.69. The van der Waals surface area contributed by atoms with Gasteiger partial charge in [-0.2, -0.15) is 0 Å². The Morgan fingerprint density at radius 2 is 1.52 bits per heavy atom. The predicted octanol–water partition coefficient (Wildman–Crippen LogP) is 4.52. The molecular weight excluding hydrogens is 260 g/mol. The maximum absolute atomic E-state index is 10.7. The minimum absolute atomic E-state index is 0.492. The summed E-state index contributed by atoms with van der Waals surface area (Å²) in [5, 5.41) is 10.7. The Bertz CT molecular complexity index is 612. The van der Waals surface area contributed by atoms with Crippen molar-refractivity contribution in [2.75, 3.05) is 7.11 Å². The first-order valence-electron chi connectivity index (χ1n) is 7.37. The van der Waals surface area contributed by atoms with Crippen LogP contribution in [0.25, 0.3) is 0 Å². The first-order valence-corrected chi connectivity index (χ1v) is 7.37. The van der Waals surface area contributed by atoms with E-state index in [0.29, 0.717) is 5.92 Å². The SMILES string of the molecule is COc1cc(C)cc(C)c1C(O)c1ccc(C(C)C)cc1. The molecular formula is C19H24O2. The third-order valence-electron chi connectivity index (χ3n) is 3.91. The highest BCUT2D eigenvalue weighted by Crippen LogP contribution is 2.34. The third-order valence-corrected chi connectivity index (χ3v) is 3.91. The van der Waals surface area contributed by atoms with Gasteiger partial charge in [0.2, 0.25) is 0 Å². The van der Waals surface area contributed by atoms with E-state index in [1.54, 1.807) is 7.11 Å². The van der Waals surface area contributed by atoms with Gasteiger partial charge in [0.05, 0.1) is 7.11 Å². The first-order chi connectivity index (χ1) is 9.93. The number of aryl methyl sites for hydroxylation is 2. The van der Waals surface area contributed by atoms with Crippen LogP contribution in [-0.4, -0.2) is 12.2 Å². The van der Waals surface area contributed by atoms with Gasteiger partial charge < -0.3 is 9.84 Å². The van der Waals surface area contributed by atoms with Crippen LogP contribution in [0.5, 0.6) is 5.75 Å². The molecule has 0 saturated heterocycles. The van der Waals surface area contributed by atoms with Crippen LogP contribution < -0.4 is 4.74 Å². The molecule has 2 aromatic rings. The Morgan fingerprint density at radius 1 is 0.952 bits per heavy atom. The molecule has 2 nitrogen and oxygen atoms in total. The van der Waals surface area contributed by atoms with Crippen LogP contribution in [0.3, 0.4) is 0 Å².